The summed E-state index contributed by atoms with van der Waals surface area (Å²) in [5.74, 6) is -2.80. The summed E-state index contributed by atoms with van der Waals surface area (Å²) in [6.45, 7) is 1.46. The van der Waals surface area contributed by atoms with Crippen molar-refractivity contribution in [2.24, 2.45) is 0 Å². The summed E-state index contributed by atoms with van der Waals surface area (Å²) in [6.07, 6.45) is -3.41. The molecule has 1 heterocycles. The topological polar surface area (TPSA) is 98.7 Å². The largest absolute Gasteiger partial charge is 0.503 e. The van der Waals surface area contributed by atoms with E-state index < -0.39 is 35.2 Å². The molecule has 3 N–H and O–H groups in total. The molecule has 1 atom stereocenters. The number of carbonyl (C=O) groups is 3. The number of alkyl halides is 3. The molecule has 0 bridgehead atoms. The van der Waals surface area contributed by atoms with Gasteiger partial charge in [0.05, 0.1) is 27.7 Å². The Morgan fingerprint density at radius 2 is 1.84 bits per heavy atom. The molecule has 2 aromatic carbocycles. The molecule has 0 saturated carbocycles. The minimum absolute atomic E-state index is 0.0583. The van der Waals surface area contributed by atoms with Crippen molar-refractivity contribution in [1.29, 1.82) is 0 Å². The van der Waals surface area contributed by atoms with Crippen LogP contribution < -0.4 is 10.6 Å². The maximum atomic E-state index is 12.9. The summed E-state index contributed by atoms with van der Waals surface area (Å²) in [5.41, 5.74) is -0.299. The molecule has 0 aromatic heterocycles. The van der Waals surface area contributed by atoms with Crippen LogP contribution in [0.3, 0.4) is 0 Å². The monoisotopic (exact) mass is 557 g/mol. The fraction of sp³-hybridized carbons (Fsp3) is 0.320. The number of rotatable bonds is 9. The molecule has 12 heteroatoms. The molecular formula is C25H24Cl2F3N3O4. The fourth-order valence-electron chi connectivity index (χ4n) is 3.68. The molecule has 0 spiro atoms. The quantitative estimate of drug-likeness (QED) is 0.421. The highest BCUT2D eigenvalue weighted by Crippen LogP contribution is 2.29. The maximum absolute atomic E-state index is 12.9. The van der Waals surface area contributed by atoms with E-state index in [1.807, 2.05) is 6.07 Å². The van der Waals surface area contributed by atoms with E-state index >= 15 is 0 Å². The van der Waals surface area contributed by atoms with Crippen molar-refractivity contribution < 1.29 is 32.7 Å². The van der Waals surface area contributed by atoms with Gasteiger partial charge in [0.2, 0.25) is 0 Å². The smallest absolute Gasteiger partial charge is 0.416 e. The highest BCUT2D eigenvalue weighted by Gasteiger charge is 2.34. The lowest BCUT2D eigenvalue weighted by atomic mass is 10.1. The number of hydrogen-bond acceptors (Lipinski definition) is 4. The Labute approximate surface area is 221 Å². The van der Waals surface area contributed by atoms with Crippen LogP contribution in [0.5, 0.6) is 0 Å². The summed E-state index contributed by atoms with van der Waals surface area (Å²) >= 11 is 11.9. The van der Waals surface area contributed by atoms with Gasteiger partial charge in [-0.2, -0.15) is 13.2 Å². The molecule has 1 aliphatic rings. The first-order chi connectivity index (χ1) is 17.4. The van der Waals surface area contributed by atoms with Crippen molar-refractivity contribution in [1.82, 2.24) is 15.5 Å². The lowest BCUT2D eigenvalue weighted by Gasteiger charge is -2.17. The third-order valence-corrected chi connectivity index (χ3v) is 6.48. The van der Waals surface area contributed by atoms with E-state index in [1.54, 1.807) is 19.1 Å². The molecule has 1 unspecified atom stereocenters. The van der Waals surface area contributed by atoms with Gasteiger partial charge in [0.25, 0.3) is 17.7 Å². The van der Waals surface area contributed by atoms with Gasteiger partial charge in [-0.05, 0) is 55.7 Å². The summed E-state index contributed by atoms with van der Waals surface area (Å²) in [4.78, 5) is 38.4. The first kappa shape index (κ1) is 28.3. The van der Waals surface area contributed by atoms with E-state index in [9.17, 15) is 32.7 Å². The Hall–Kier alpha value is -3.24. The van der Waals surface area contributed by atoms with Crippen molar-refractivity contribution in [3.63, 3.8) is 0 Å². The zero-order valence-corrected chi connectivity index (χ0v) is 21.2. The van der Waals surface area contributed by atoms with Crippen molar-refractivity contribution >= 4 is 40.9 Å². The highest BCUT2D eigenvalue weighted by molar-refractivity contribution is 6.42. The van der Waals surface area contributed by atoms with Crippen LogP contribution >= 0.6 is 23.2 Å². The van der Waals surface area contributed by atoms with Gasteiger partial charge >= 0.3 is 6.18 Å². The van der Waals surface area contributed by atoms with Crippen LogP contribution in [0, 0.1) is 0 Å². The van der Waals surface area contributed by atoms with E-state index in [1.165, 1.54) is 6.07 Å². The molecule has 37 heavy (non-hydrogen) atoms. The van der Waals surface area contributed by atoms with Crippen LogP contribution in [0.4, 0.5) is 13.2 Å². The lowest BCUT2D eigenvalue weighted by molar-refractivity contribution is -0.137. The second kappa shape index (κ2) is 11.9. The second-order valence-electron chi connectivity index (χ2n) is 8.55. The minimum atomic E-state index is -4.58. The van der Waals surface area contributed by atoms with Gasteiger partial charge < -0.3 is 20.6 Å². The summed E-state index contributed by atoms with van der Waals surface area (Å²) in [7, 11) is 0. The van der Waals surface area contributed by atoms with Gasteiger partial charge in [-0.3, -0.25) is 14.4 Å². The Morgan fingerprint density at radius 1 is 1.11 bits per heavy atom. The van der Waals surface area contributed by atoms with Crippen molar-refractivity contribution in [3.8, 4) is 0 Å². The van der Waals surface area contributed by atoms with Gasteiger partial charge in [0.15, 0.2) is 5.76 Å². The molecule has 198 valence electrons. The predicted molar refractivity (Wildman–Crippen MR) is 132 cm³/mol. The zero-order valence-electron chi connectivity index (χ0n) is 19.7. The van der Waals surface area contributed by atoms with Crippen molar-refractivity contribution in [2.45, 2.75) is 32.0 Å². The maximum Gasteiger partial charge on any atom is 0.416 e. The van der Waals surface area contributed by atoms with E-state index in [2.05, 4.69) is 10.6 Å². The number of carbonyl (C=O) groups excluding carboxylic acids is 3. The number of halogens is 5. The molecule has 3 amide bonds. The van der Waals surface area contributed by atoms with Gasteiger partial charge in [-0.1, -0.05) is 35.3 Å². The van der Waals surface area contributed by atoms with Gasteiger partial charge in [-0.15, -0.1) is 0 Å². The summed E-state index contributed by atoms with van der Waals surface area (Å²) < 4.78 is 38.6. The summed E-state index contributed by atoms with van der Waals surface area (Å²) in [6, 6.07) is 8.93. The van der Waals surface area contributed by atoms with Crippen molar-refractivity contribution in [3.05, 3.63) is 80.5 Å². The molecule has 2 aromatic rings. The number of amides is 3. The predicted octanol–water partition coefficient (Wildman–Crippen LogP) is 4.53. The number of nitrogens with one attached hydrogen (secondary N) is 2. The zero-order chi connectivity index (χ0) is 27.3. The first-order valence-corrected chi connectivity index (χ1v) is 12.0. The van der Waals surface area contributed by atoms with Crippen LogP contribution in [-0.2, 0) is 22.2 Å². The summed E-state index contributed by atoms with van der Waals surface area (Å²) in [5, 5.41) is 16.2. The normalized spacial score (nSPS) is 14.6. The van der Waals surface area contributed by atoms with E-state index in [4.69, 9.17) is 23.2 Å². The first-order valence-electron chi connectivity index (χ1n) is 11.3. The molecule has 1 aliphatic heterocycles. The Balaban J connectivity index is 1.48. The van der Waals surface area contributed by atoms with E-state index in [-0.39, 0.29) is 36.8 Å². The molecule has 0 fully saturated rings. The molecule has 0 saturated heterocycles. The average molecular weight is 558 g/mol. The minimum Gasteiger partial charge on any atom is -0.503 e. The van der Waals surface area contributed by atoms with Crippen LogP contribution in [-0.4, -0.2) is 53.4 Å². The van der Waals surface area contributed by atoms with Crippen LogP contribution in [0.1, 0.15) is 34.8 Å². The number of nitrogens with zero attached hydrogens (tertiary/aromatic N) is 1. The average Bonchev–Trinajstić information content (AvgIpc) is 3.13. The van der Waals surface area contributed by atoms with Crippen LogP contribution in [0.15, 0.2) is 53.8 Å². The molecule has 7 nitrogen and oxygen atoms in total. The molecule has 0 aliphatic carbocycles. The fourth-order valence-corrected chi connectivity index (χ4v) is 4.00. The number of benzene rings is 2. The lowest BCUT2D eigenvalue weighted by Crippen LogP contribution is -2.38. The third kappa shape index (κ3) is 7.39. The molecular weight excluding hydrogens is 534 g/mol. The van der Waals surface area contributed by atoms with Gasteiger partial charge in [-0.25, -0.2) is 0 Å². The van der Waals surface area contributed by atoms with Crippen LogP contribution in [0.2, 0.25) is 10.0 Å². The number of aliphatic hydroxyl groups excluding tert-OH is 1. The standard InChI is InChI=1S/C25H24Cl2F3N3O4/c1-14(5-6-15-7-8-19(26)20(27)11-15)32-23(36)18-13-33(24(37)21(18)34)10-9-31-22(35)16-3-2-4-17(12-16)25(28,29)30/h2-4,7-8,11-12,14,34H,5-6,9-10,13H2,1H3,(H,31,35)(H,32,36). The Bertz CT molecular complexity index is 1230. The third-order valence-electron chi connectivity index (χ3n) is 5.75. The van der Waals surface area contributed by atoms with Crippen molar-refractivity contribution in [2.75, 3.05) is 19.6 Å². The number of aryl methyl sites for hydroxylation is 1. The van der Waals surface area contributed by atoms with E-state index in [0.717, 1.165) is 28.7 Å². The van der Waals surface area contributed by atoms with Crippen LogP contribution in [0.25, 0.3) is 0 Å². The molecule has 3 rings (SSSR count). The Morgan fingerprint density at radius 3 is 2.51 bits per heavy atom. The SMILES string of the molecule is CC(CCc1ccc(Cl)c(Cl)c1)NC(=O)C1=C(O)C(=O)N(CCNC(=O)c2cccc(C(F)(F)F)c2)C1. The van der Waals surface area contributed by atoms with Gasteiger partial charge in [0.1, 0.15) is 0 Å². The Kier molecular flexibility index (Phi) is 9.09. The van der Waals surface area contributed by atoms with Gasteiger partial charge in [0, 0.05) is 24.7 Å². The van der Waals surface area contributed by atoms with E-state index in [0.29, 0.717) is 22.9 Å². The number of aliphatic hydroxyl groups is 1. The number of hydrogen-bond donors (Lipinski definition) is 3. The highest BCUT2D eigenvalue weighted by atomic mass is 35.5. The molecule has 0 radical (unpaired) electrons. The second-order valence-corrected chi connectivity index (χ2v) is 9.36.